The molecule has 4 N–H and O–H groups in total. The first kappa shape index (κ1) is 7.27. The van der Waals surface area contributed by atoms with Crippen LogP contribution < -0.4 is 5.50 Å². The van der Waals surface area contributed by atoms with Crippen molar-refractivity contribution in [3.63, 3.8) is 0 Å². The molecule has 7 heavy (non-hydrogen) atoms. The van der Waals surface area contributed by atoms with Gasteiger partial charge in [-0.3, -0.25) is 0 Å². The first-order valence-electron chi connectivity index (χ1n) is 1.85. The molecule has 0 bridgehead atoms. The molecular weight excluding hydrogens is 115 g/mol. The van der Waals surface area contributed by atoms with Crippen LogP contribution >= 0.6 is 8.02 Å². The summed E-state index contributed by atoms with van der Waals surface area (Å²) in [7, 11) is -0.361. The van der Waals surface area contributed by atoms with Crippen molar-refractivity contribution in [2.45, 2.75) is 0 Å². The fourth-order valence-corrected chi connectivity index (χ4v) is 0. The van der Waals surface area contributed by atoms with Crippen molar-refractivity contribution in [2.24, 2.45) is 5.50 Å². The van der Waals surface area contributed by atoms with E-state index in [9.17, 15) is 0 Å². The molecule has 0 aliphatic carbocycles. The molecule has 0 aromatic carbocycles. The zero-order valence-electron chi connectivity index (χ0n) is 4.42. The number of hydrogen-bond acceptors (Lipinski definition) is 4. The Kier molecular flexibility index (Phi) is 2.10. The van der Waals surface area contributed by atoms with E-state index in [4.69, 9.17) is 15.3 Å². The molecule has 0 aliphatic heterocycles. The van der Waals surface area contributed by atoms with Crippen LogP contribution in [-0.2, 0) is 0 Å². The molecule has 0 aromatic rings. The van der Waals surface area contributed by atoms with E-state index in [1.54, 1.807) is 0 Å². The van der Waals surface area contributed by atoms with Crippen molar-refractivity contribution < 1.29 is 9.79 Å². The van der Waals surface area contributed by atoms with Crippen LogP contribution in [0.4, 0.5) is 0 Å². The molecule has 0 heterocycles. The van der Waals surface area contributed by atoms with Crippen molar-refractivity contribution in [1.82, 2.24) is 4.67 Å². The third-order valence-electron chi connectivity index (χ3n) is 0.658. The van der Waals surface area contributed by atoms with Crippen molar-refractivity contribution in [3.8, 4) is 0 Å². The van der Waals surface area contributed by atoms with Crippen LogP contribution in [0, 0.1) is 0 Å². The second kappa shape index (κ2) is 2.03. The van der Waals surface area contributed by atoms with Crippen LogP contribution in [0.2, 0.25) is 0 Å². The first-order chi connectivity index (χ1) is 2.94. The van der Waals surface area contributed by atoms with Crippen molar-refractivity contribution >= 4 is 8.02 Å². The number of rotatable bonds is 1. The van der Waals surface area contributed by atoms with Gasteiger partial charge in [0.05, 0.1) is 0 Å². The van der Waals surface area contributed by atoms with E-state index in [2.05, 4.69) is 0 Å². The Labute approximate surface area is 43.2 Å². The number of nitrogens with two attached hydrogens (primary N) is 1. The maximum absolute atomic E-state index is 8.49. The molecule has 46 valence electrons. The molecular formula is C2H11N2O2P. The minimum absolute atomic E-state index is 1.22. The van der Waals surface area contributed by atoms with Gasteiger partial charge in [-0.25, -0.2) is 0 Å². The van der Waals surface area contributed by atoms with Gasteiger partial charge in [-0.15, -0.1) is 0 Å². The van der Waals surface area contributed by atoms with Crippen molar-refractivity contribution in [1.29, 1.82) is 0 Å². The summed E-state index contributed by atoms with van der Waals surface area (Å²) in [6.45, 7) is 0. The molecule has 0 saturated carbocycles. The summed E-state index contributed by atoms with van der Waals surface area (Å²) in [5.41, 5.74) is 4.85. The monoisotopic (exact) mass is 126 g/mol. The van der Waals surface area contributed by atoms with Gasteiger partial charge in [-0.1, -0.05) is 0 Å². The average Bonchev–Trinajstić information content (AvgIpc) is 1.31. The molecule has 0 spiro atoms. The van der Waals surface area contributed by atoms with E-state index in [1.165, 1.54) is 18.8 Å². The average molecular weight is 126 g/mol. The van der Waals surface area contributed by atoms with Crippen LogP contribution in [0.1, 0.15) is 0 Å². The minimum atomic E-state index is -3.40. The summed E-state index contributed by atoms with van der Waals surface area (Å²) in [6.07, 6.45) is 0. The Morgan fingerprint density at radius 3 is 1.57 bits per heavy atom. The summed E-state index contributed by atoms with van der Waals surface area (Å²) in [6, 6.07) is 0. The molecule has 0 unspecified atom stereocenters. The summed E-state index contributed by atoms with van der Waals surface area (Å²) in [5.74, 6) is 0. The second-order valence-electron chi connectivity index (χ2n) is 1.58. The number of nitrogens with zero attached hydrogens (tertiary/aromatic N) is 1. The summed E-state index contributed by atoms with van der Waals surface area (Å²) in [5, 5.41) is 0. The summed E-state index contributed by atoms with van der Waals surface area (Å²) < 4.78 is 1.22. The molecule has 0 aromatic heterocycles. The molecule has 0 aliphatic rings. The van der Waals surface area contributed by atoms with Gasteiger partial charge < -0.3 is 0 Å². The third kappa shape index (κ3) is 2.91. The second-order valence-corrected chi connectivity index (χ2v) is 3.85. The van der Waals surface area contributed by atoms with Gasteiger partial charge in [-0.2, -0.15) is 0 Å². The standard InChI is InChI=1S/C2H11N2O2P/c1-4(2)7(3,5)6/h5-7H,3H2,1-2H3. The first-order valence-corrected chi connectivity index (χ1v) is 3.77. The van der Waals surface area contributed by atoms with Crippen LogP contribution in [-0.4, -0.2) is 28.6 Å². The van der Waals surface area contributed by atoms with Gasteiger partial charge in [0.25, 0.3) is 0 Å². The van der Waals surface area contributed by atoms with Gasteiger partial charge in [0, 0.05) is 0 Å². The molecule has 0 rings (SSSR count). The van der Waals surface area contributed by atoms with Crippen LogP contribution in [0.15, 0.2) is 0 Å². The predicted octanol–water partition coefficient (Wildman–Crippen LogP) is -1.10. The molecule has 0 fully saturated rings. The van der Waals surface area contributed by atoms with Gasteiger partial charge in [0.1, 0.15) is 0 Å². The van der Waals surface area contributed by atoms with E-state index < -0.39 is 8.02 Å². The molecule has 0 amide bonds. The zero-order chi connectivity index (χ0) is 6.08. The molecule has 5 heteroatoms. The molecule has 0 radical (unpaired) electrons. The third-order valence-corrected chi connectivity index (χ3v) is 1.97. The van der Waals surface area contributed by atoms with E-state index in [-0.39, 0.29) is 0 Å². The summed E-state index contributed by atoms with van der Waals surface area (Å²) in [4.78, 5) is 17.0. The van der Waals surface area contributed by atoms with Gasteiger partial charge in [0.2, 0.25) is 0 Å². The molecule has 0 saturated heterocycles. The zero-order valence-corrected chi connectivity index (χ0v) is 5.42. The topological polar surface area (TPSA) is 69.7 Å². The molecule has 0 atom stereocenters. The van der Waals surface area contributed by atoms with Gasteiger partial charge in [-0.05, 0) is 0 Å². The Balaban J connectivity index is 3.54. The fraction of sp³-hybridized carbons (Fsp3) is 1.00. The van der Waals surface area contributed by atoms with Crippen LogP contribution in [0.5, 0.6) is 0 Å². The van der Waals surface area contributed by atoms with Crippen molar-refractivity contribution in [2.75, 3.05) is 14.1 Å². The Hall–Kier alpha value is 0.270. The van der Waals surface area contributed by atoms with Crippen LogP contribution in [0.3, 0.4) is 0 Å². The Morgan fingerprint density at radius 1 is 1.43 bits per heavy atom. The number of hydrogen-bond donors (Lipinski definition) is 3. The van der Waals surface area contributed by atoms with E-state index in [0.29, 0.717) is 0 Å². The Morgan fingerprint density at radius 2 is 1.57 bits per heavy atom. The normalized spacial score (nSPS) is 15.1. The van der Waals surface area contributed by atoms with Crippen LogP contribution in [0.25, 0.3) is 0 Å². The van der Waals surface area contributed by atoms with Crippen molar-refractivity contribution in [3.05, 3.63) is 0 Å². The SMILES string of the molecule is CN(C)[PH](N)(O)O. The van der Waals surface area contributed by atoms with Gasteiger partial charge >= 0.3 is 42.1 Å². The predicted molar refractivity (Wildman–Crippen MR) is 30.6 cm³/mol. The van der Waals surface area contributed by atoms with E-state index in [1.807, 2.05) is 0 Å². The quantitative estimate of drug-likeness (QED) is 0.390. The Bertz CT molecular complexity index is 59.2. The summed E-state index contributed by atoms with van der Waals surface area (Å²) >= 11 is 0. The van der Waals surface area contributed by atoms with Gasteiger partial charge in [0.15, 0.2) is 0 Å². The maximum atomic E-state index is 8.49. The molecule has 4 nitrogen and oxygen atoms in total. The fourth-order valence-electron chi connectivity index (χ4n) is 0. The van der Waals surface area contributed by atoms with E-state index in [0.717, 1.165) is 0 Å². The van der Waals surface area contributed by atoms with E-state index >= 15 is 0 Å².